The highest BCUT2D eigenvalue weighted by molar-refractivity contribution is 5.78. The summed E-state index contributed by atoms with van der Waals surface area (Å²) in [6, 6.07) is 15.4. The maximum Gasteiger partial charge on any atom is 0.260 e. The van der Waals surface area contributed by atoms with Crippen LogP contribution in [0.4, 0.5) is 5.82 Å². The summed E-state index contributed by atoms with van der Waals surface area (Å²) in [4.78, 5) is 16.6. The second-order valence-electron chi connectivity index (χ2n) is 8.20. The monoisotopic (exact) mass is 462 g/mol. The van der Waals surface area contributed by atoms with E-state index in [1.807, 2.05) is 67.3 Å². The zero-order valence-electron chi connectivity index (χ0n) is 20.1. The molecule has 0 atom stereocenters. The van der Waals surface area contributed by atoms with Gasteiger partial charge in [-0.25, -0.2) is 0 Å². The average molecular weight is 463 g/mol. The predicted octanol–water partition coefficient (Wildman–Crippen LogP) is 3.51. The van der Waals surface area contributed by atoms with Gasteiger partial charge >= 0.3 is 0 Å². The van der Waals surface area contributed by atoms with E-state index in [0.717, 1.165) is 34.0 Å². The number of carbonyl (C=O) groups excluding carboxylic acids is 1. The Labute approximate surface area is 200 Å². The van der Waals surface area contributed by atoms with Gasteiger partial charge in [-0.2, -0.15) is 0 Å². The van der Waals surface area contributed by atoms with Gasteiger partial charge in [-0.15, -0.1) is 10.2 Å². The molecular weight excluding hydrogens is 432 g/mol. The number of piperazine rings is 1. The summed E-state index contributed by atoms with van der Waals surface area (Å²) in [6.07, 6.45) is 0. The zero-order chi connectivity index (χ0) is 24.1. The molecule has 0 N–H and O–H groups in total. The minimum atomic E-state index is -0.00422. The van der Waals surface area contributed by atoms with E-state index in [0.29, 0.717) is 37.7 Å². The Hall–Kier alpha value is -3.81. The minimum absolute atomic E-state index is 0.00422. The van der Waals surface area contributed by atoms with Crippen LogP contribution < -0.4 is 19.1 Å². The second kappa shape index (κ2) is 10.4. The van der Waals surface area contributed by atoms with Crippen molar-refractivity contribution in [2.45, 2.75) is 13.8 Å². The first-order valence-corrected chi connectivity index (χ1v) is 11.3. The molecule has 1 aromatic heterocycles. The quantitative estimate of drug-likeness (QED) is 0.532. The number of hydrogen-bond donors (Lipinski definition) is 0. The standard InChI is InChI=1S/C26H30N4O4/c1-18-6-5-7-22(19(18)2)34-17-26(31)30-14-12-29(13-15-30)25-11-9-21(27-28-25)20-8-10-23(32-3)24(16-20)33-4/h5-11,16H,12-15,17H2,1-4H3. The first-order valence-electron chi connectivity index (χ1n) is 11.3. The fourth-order valence-electron chi connectivity index (χ4n) is 3.94. The molecule has 2 aromatic carbocycles. The van der Waals surface area contributed by atoms with Crippen molar-refractivity contribution in [3.63, 3.8) is 0 Å². The molecule has 4 rings (SSSR count). The van der Waals surface area contributed by atoms with E-state index >= 15 is 0 Å². The lowest BCUT2D eigenvalue weighted by Gasteiger charge is -2.35. The van der Waals surface area contributed by atoms with E-state index in [4.69, 9.17) is 14.2 Å². The van der Waals surface area contributed by atoms with Crippen LogP contribution in [0.2, 0.25) is 0 Å². The van der Waals surface area contributed by atoms with Gasteiger partial charge in [0.05, 0.1) is 19.9 Å². The zero-order valence-corrected chi connectivity index (χ0v) is 20.1. The second-order valence-corrected chi connectivity index (χ2v) is 8.20. The molecule has 0 spiro atoms. The maximum atomic E-state index is 12.6. The van der Waals surface area contributed by atoms with Crippen LogP contribution in [0.15, 0.2) is 48.5 Å². The first kappa shape index (κ1) is 23.4. The average Bonchev–Trinajstić information content (AvgIpc) is 2.89. The van der Waals surface area contributed by atoms with Crippen molar-refractivity contribution in [2.75, 3.05) is 51.9 Å². The molecule has 34 heavy (non-hydrogen) atoms. The summed E-state index contributed by atoms with van der Waals surface area (Å²) in [5.74, 6) is 2.87. The molecule has 1 aliphatic rings. The van der Waals surface area contributed by atoms with Crippen LogP contribution in [-0.4, -0.2) is 68.0 Å². The third-order valence-corrected chi connectivity index (χ3v) is 6.19. The number of benzene rings is 2. The van der Waals surface area contributed by atoms with Crippen LogP contribution in [-0.2, 0) is 4.79 Å². The molecule has 0 unspecified atom stereocenters. The van der Waals surface area contributed by atoms with Gasteiger partial charge in [0, 0.05) is 31.7 Å². The van der Waals surface area contributed by atoms with E-state index in [9.17, 15) is 4.79 Å². The van der Waals surface area contributed by atoms with E-state index in [2.05, 4.69) is 15.1 Å². The molecular formula is C26H30N4O4. The van der Waals surface area contributed by atoms with Gasteiger partial charge in [0.2, 0.25) is 0 Å². The van der Waals surface area contributed by atoms with Crippen molar-refractivity contribution in [3.05, 3.63) is 59.7 Å². The molecule has 3 aromatic rings. The van der Waals surface area contributed by atoms with Crippen LogP contribution in [0, 0.1) is 13.8 Å². The number of amides is 1. The van der Waals surface area contributed by atoms with E-state index < -0.39 is 0 Å². The van der Waals surface area contributed by atoms with Crippen molar-refractivity contribution in [2.24, 2.45) is 0 Å². The van der Waals surface area contributed by atoms with Gasteiger partial charge in [0.1, 0.15) is 5.75 Å². The summed E-state index contributed by atoms with van der Waals surface area (Å²) in [7, 11) is 3.22. The molecule has 2 heterocycles. The Morgan fingerprint density at radius 3 is 2.32 bits per heavy atom. The number of aromatic nitrogens is 2. The Balaban J connectivity index is 1.32. The molecule has 1 saturated heterocycles. The van der Waals surface area contributed by atoms with Gasteiger partial charge < -0.3 is 24.0 Å². The third-order valence-electron chi connectivity index (χ3n) is 6.19. The topological polar surface area (TPSA) is 77.0 Å². The van der Waals surface area contributed by atoms with Crippen LogP contribution in [0.3, 0.4) is 0 Å². The smallest absolute Gasteiger partial charge is 0.260 e. The summed E-state index contributed by atoms with van der Waals surface area (Å²) < 4.78 is 16.5. The maximum absolute atomic E-state index is 12.6. The van der Waals surface area contributed by atoms with E-state index in [1.54, 1.807) is 14.2 Å². The number of anilines is 1. The van der Waals surface area contributed by atoms with Crippen LogP contribution in [0.25, 0.3) is 11.3 Å². The van der Waals surface area contributed by atoms with E-state index in [1.165, 1.54) is 0 Å². The van der Waals surface area contributed by atoms with Crippen molar-refractivity contribution >= 4 is 11.7 Å². The Morgan fingerprint density at radius 2 is 1.65 bits per heavy atom. The number of hydrogen-bond acceptors (Lipinski definition) is 7. The highest BCUT2D eigenvalue weighted by atomic mass is 16.5. The van der Waals surface area contributed by atoms with Crippen LogP contribution in [0.5, 0.6) is 17.2 Å². The van der Waals surface area contributed by atoms with Crippen molar-refractivity contribution in [1.82, 2.24) is 15.1 Å². The summed E-state index contributed by atoms with van der Waals surface area (Å²) in [6.45, 7) is 6.71. The lowest BCUT2D eigenvalue weighted by molar-refractivity contribution is -0.133. The van der Waals surface area contributed by atoms with E-state index in [-0.39, 0.29) is 12.5 Å². The molecule has 1 fully saturated rings. The molecule has 0 bridgehead atoms. The van der Waals surface area contributed by atoms with Gasteiger partial charge in [0.15, 0.2) is 23.9 Å². The van der Waals surface area contributed by atoms with Crippen molar-refractivity contribution in [3.8, 4) is 28.5 Å². The summed E-state index contributed by atoms with van der Waals surface area (Å²) >= 11 is 0. The number of rotatable bonds is 7. The molecule has 178 valence electrons. The molecule has 8 nitrogen and oxygen atoms in total. The molecule has 0 aliphatic carbocycles. The summed E-state index contributed by atoms with van der Waals surface area (Å²) in [5, 5.41) is 8.82. The normalized spacial score (nSPS) is 13.5. The highest BCUT2D eigenvalue weighted by Crippen LogP contribution is 2.31. The lowest BCUT2D eigenvalue weighted by atomic mass is 10.1. The number of ether oxygens (including phenoxy) is 3. The largest absolute Gasteiger partial charge is 0.493 e. The Morgan fingerprint density at radius 1 is 0.882 bits per heavy atom. The lowest BCUT2D eigenvalue weighted by Crippen LogP contribution is -2.50. The number of carbonyl (C=O) groups is 1. The van der Waals surface area contributed by atoms with Crippen molar-refractivity contribution < 1.29 is 19.0 Å². The number of methoxy groups -OCH3 is 2. The fraction of sp³-hybridized carbons (Fsp3) is 0.346. The molecule has 1 amide bonds. The third kappa shape index (κ3) is 5.06. The van der Waals surface area contributed by atoms with Crippen LogP contribution in [0.1, 0.15) is 11.1 Å². The predicted molar refractivity (Wildman–Crippen MR) is 131 cm³/mol. The molecule has 8 heteroatoms. The number of nitrogens with zero attached hydrogens (tertiary/aromatic N) is 4. The molecule has 1 aliphatic heterocycles. The van der Waals surface area contributed by atoms with Crippen LogP contribution >= 0.6 is 0 Å². The Kier molecular flexibility index (Phi) is 7.15. The number of aryl methyl sites for hydroxylation is 1. The van der Waals surface area contributed by atoms with Crippen molar-refractivity contribution in [1.29, 1.82) is 0 Å². The summed E-state index contributed by atoms with van der Waals surface area (Å²) in [5.41, 5.74) is 3.87. The minimum Gasteiger partial charge on any atom is -0.493 e. The first-order chi connectivity index (χ1) is 16.5. The highest BCUT2D eigenvalue weighted by Gasteiger charge is 2.23. The molecule has 0 saturated carbocycles. The van der Waals surface area contributed by atoms with Gasteiger partial charge in [0.25, 0.3) is 5.91 Å². The van der Waals surface area contributed by atoms with Gasteiger partial charge in [-0.3, -0.25) is 4.79 Å². The van der Waals surface area contributed by atoms with Gasteiger partial charge in [-0.1, -0.05) is 12.1 Å². The molecule has 0 radical (unpaired) electrons. The van der Waals surface area contributed by atoms with Gasteiger partial charge in [-0.05, 0) is 61.4 Å². The SMILES string of the molecule is COc1ccc(-c2ccc(N3CCN(C(=O)COc4cccc(C)c4C)CC3)nn2)cc1OC. The fourth-order valence-corrected chi connectivity index (χ4v) is 3.94. The Bertz CT molecular complexity index is 1140.